The van der Waals surface area contributed by atoms with Gasteiger partial charge < -0.3 is 19.1 Å². The summed E-state index contributed by atoms with van der Waals surface area (Å²) < 4.78 is 16.9. The Bertz CT molecular complexity index is 1020. The van der Waals surface area contributed by atoms with Gasteiger partial charge in [-0.2, -0.15) is 4.80 Å². The van der Waals surface area contributed by atoms with Gasteiger partial charge in [0.05, 0.1) is 13.7 Å². The minimum absolute atomic E-state index is 0.00499. The van der Waals surface area contributed by atoms with E-state index in [0.717, 1.165) is 11.3 Å². The number of benzene rings is 2. The van der Waals surface area contributed by atoms with Gasteiger partial charge in [-0.05, 0) is 36.4 Å². The van der Waals surface area contributed by atoms with Crippen LogP contribution < -0.4 is 14.2 Å². The summed E-state index contributed by atoms with van der Waals surface area (Å²) in [5.74, 6) is 2.44. The number of hydrogen-bond donors (Lipinski definition) is 0. The number of carbonyl (C=O) groups is 1. The molecule has 1 aromatic heterocycles. The number of rotatable bonds is 7. The third-order valence-corrected chi connectivity index (χ3v) is 4.78. The number of carbonyl (C=O) groups excluding carboxylic acids is 1. The average Bonchev–Trinajstić information content (AvgIpc) is 3.25. The van der Waals surface area contributed by atoms with E-state index in [0.29, 0.717) is 37.0 Å². The maximum Gasteiger partial charge on any atom is 0.246 e. The van der Waals surface area contributed by atoms with Gasteiger partial charge in [0.1, 0.15) is 18.9 Å². The van der Waals surface area contributed by atoms with Gasteiger partial charge in [0.25, 0.3) is 0 Å². The van der Waals surface area contributed by atoms with E-state index in [1.54, 1.807) is 12.0 Å². The quantitative estimate of drug-likeness (QED) is 0.590. The predicted octanol–water partition coefficient (Wildman–Crippen LogP) is 2.04. The van der Waals surface area contributed by atoms with Crippen molar-refractivity contribution in [1.82, 2.24) is 25.1 Å². The molecule has 0 aliphatic carbocycles. The zero-order valence-corrected chi connectivity index (χ0v) is 16.9. The summed E-state index contributed by atoms with van der Waals surface area (Å²) in [6.45, 7) is 3.27. The summed E-state index contributed by atoms with van der Waals surface area (Å²) in [5.41, 5.74) is 0.770. The molecule has 1 aliphatic rings. The van der Waals surface area contributed by atoms with Crippen molar-refractivity contribution >= 4 is 5.91 Å². The topological polar surface area (TPSA) is 91.6 Å². The maximum atomic E-state index is 12.8. The highest BCUT2D eigenvalue weighted by Gasteiger charge is 2.25. The van der Waals surface area contributed by atoms with Crippen molar-refractivity contribution in [2.45, 2.75) is 19.6 Å². The highest BCUT2D eigenvalue weighted by molar-refractivity contribution is 5.75. The normalized spacial score (nSPS) is 14.9. The molecular formula is C21H23N5O4. The Balaban J connectivity index is 1.38. The van der Waals surface area contributed by atoms with Crippen LogP contribution in [0.5, 0.6) is 17.2 Å². The van der Waals surface area contributed by atoms with Crippen LogP contribution in [-0.2, 0) is 11.3 Å². The Hall–Kier alpha value is -3.62. The minimum Gasteiger partial charge on any atom is -0.497 e. The first-order valence-electron chi connectivity index (χ1n) is 9.74. The minimum atomic E-state index is -0.236. The third kappa shape index (κ3) is 4.35. The van der Waals surface area contributed by atoms with Crippen LogP contribution in [0.4, 0.5) is 0 Å². The number of fused-ring (bicyclic) bond motifs is 1. The van der Waals surface area contributed by atoms with Gasteiger partial charge in [-0.1, -0.05) is 24.3 Å². The Labute approximate surface area is 174 Å². The van der Waals surface area contributed by atoms with Crippen LogP contribution in [0.15, 0.2) is 48.5 Å². The molecule has 1 amide bonds. The van der Waals surface area contributed by atoms with Gasteiger partial charge in [0, 0.05) is 12.1 Å². The first kappa shape index (κ1) is 19.7. The molecule has 9 heteroatoms. The molecule has 9 nitrogen and oxygen atoms in total. The molecule has 0 radical (unpaired) electrons. The fraction of sp³-hybridized carbons (Fsp3) is 0.333. The van der Waals surface area contributed by atoms with E-state index in [-0.39, 0.29) is 18.6 Å². The lowest BCUT2D eigenvalue weighted by atomic mass is 10.2. The van der Waals surface area contributed by atoms with Crippen LogP contribution in [0.1, 0.15) is 6.92 Å². The van der Waals surface area contributed by atoms with Gasteiger partial charge in [-0.3, -0.25) is 4.79 Å². The van der Waals surface area contributed by atoms with Crippen LogP contribution in [0.3, 0.4) is 0 Å². The molecule has 156 valence electrons. The van der Waals surface area contributed by atoms with Gasteiger partial charge in [-0.25, -0.2) is 0 Å². The second-order valence-corrected chi connectivity index (χ2v) is 6.81. The molecule has 0 N–H and O–H groups in total. The third-order valence-electron chi connectivity index (χ3n) is 4.78. The fourth-order valence-corrected chi connectivity index (χ4v) is 3.22. The number of hydrogen-bond acceptors (Lipinski definition) is 7. The molecule has 2 heterocycles. The number of aromatic nitrogens is 4. The van der Waals surface area contributed by atoms with E-state index in [1.807, 2.05) is 55.5 Å². The highest BCUT2D eigenvalue weighted by atomic mass is 16.6. The van der Waals surface area contributed by atoms with Crippen molar-refractivity contribution in [1.29, 1.82) is 0 Å². The standard InChI is InChI=1S/C21H23N5O4/c1-3-25(12-17-14-29-18-9-4-5-10-19(18)30-17)20(27)13-26-23-21(22-24-26)15-7-6-8-16(11-15)28-2/h4-11,17H,3,12-14H2,1-2H3/t17-/m1/s1. The van der Waals surface area contributed by atoms with Crippen LogP contribution in [-0.4, -0.2) is 63.9 Å². The number of nitrogens with zero attached hydrogens (tertiary/aromatic N) is 5. The molecular weight excluding hydrogens is 386 g/mol. The summed E-state index contributed by atoms with van der Waals surface area (Å²) >= 11 is 0. The van der Waals surface area contributed by atoms with Crippen LogP contribution in [0, 0.1) is 0 Å². The average molecular weight is 409 g/mol. The Kier molecular flexibility index (Phi) is 5.78. The van der Waals surface area contributed by atoms with E-state index < -0.39 is 0 Å². The van der Waals surface area contributed by atoms with Crippen molar-refractivity contribution in [2.75, 3.05) is 26.8 Å². The lowest BCUT2D eigenvalue weighted by Gasteiger charge is -2.30. The summed E-state index contributed by atoms with van der Waals surface area (Å²) in [7, 11) is 1.60. The van der Waals surface area contributed by atoms with Crippen LogP contribution >= 0.6 is 0 Å². The maximum absolute atomic E-state index is 12.8. The molecule has 0 saturated heterocycles. The summed E-state index contributed by atoms with van der Waals surface area (Å²) in [5, 5.41) is 12.4. The molecule has 1 aliphatic heterocycles. The lowest BCUT2D eigenvalue weighted by molar-refractivity contribution is -0.133. The fourth-order valence-electron chi connectivity index (χ4n) is 3.22. The summed E-state index contributed by atoms with van der Waals surface area (Å²) in [6, 6.07) is 14.9. The monoisotopic (exact) mass is 409 g/mol. The van der Waals surface area contributed by atoms with Crippen molar-refractivity contribution in [2.24, 2.45) is 0 Å². The van der Waals surface area contributed by atoms with Crippen molar-refractivity contribution in [3.05, 3.63) is 48.5 Å². The zero-order chi connectivity index (χ0) is 20.9. The van der Waals surface area contributed by atoms with Gasteiger partial charge in [-0.15, -0.1) is 10.2 Å². The summed E-state index contributed by atoms with van der Waals surface area (Å²) in [6.07, 6.45) is -0.236. The molecule has 0 saturated carbocycles. The number of ether oxygens (including phenoxy) is 3. The number of tetrazole rings is 1. The van der Waals surface area contributed by atoms with Crippen molar-refractivity contribution in [3.63, 3.8) is 0 Å². The number of methoxy groups -OCH3 is 1. The first-order chi connectivity index (χ1) is 14.7. The number of amides is 1. The van der Waals surface area contributed by atoms with Gasteiger partial charge >= 0.3 is 0 Å². The Morgan fingerprint density at radius 1 is 1.23 bits per heavy atom. The number of likely N-dealkylation sites (N-methyl/N-ethyl adjacent to an activating group) is 1. The second kappa shape index (κ2) is 8.81. The SMILES string of the molecule is CCN(C[C@@H]1COc2ccccc2O1)C(=O)Cn1nnc(-c2cccc(OC)c2)n1. The van der Waals surface area contributed by atoms with Crippen molar-refractivity contribution < 1.29 is 19.0 Å². The molecule has 0 spiro atoms. The summed E-state index contributed by atoms with van der Waals surface area (Å²) in [4.78, 5) is 15.8. The molecule has 4 rings (SSSR count). The lowest BCUT2D eigenvalue weighted by Crippen LogP contribution is -2.44. The van der Waals surface area contributed by atoms with Gasteiger partial charge in [0.2, 0.25) is 11.7 Å². The molecule has 30 heavy (non-hydrogen) atoms. The molecule has 0 unspecified atom stereocenters. The largest absolute Gasteiger partial charge is 0.497 e. The van der Waals surface area contributed by atoms with E-state index >= 15 is 0 Å². The molecule has 2 aromatic carbocycles. The molecule has 1 atom stereocenters. The smallest absolute Gasteiger partial charge is 0.246 e. The molecule has 3 aromatic rings. The predicted molar refractivity (Wildman–Crippen MR) is 108 cm³/mol. The Morgan fingerprint density at radius 2 is 2.07 bits per heavy atom. The first-order valence-corrected chi connectivity index (χ1v) is 9.74. The van der Waals surface area contributed by atoms with Crippen LogP contribution in [0.25, 0.3) is 11.4 Å². The van der Waals surface area contributed by atoms with E-state index in [2.05, 4.69) is 15.4 Å². The van der Waals surface area contributed by atoms with Gasteiger partial charge in [0.15, 0.2) is 17.6 Å². The molecule has 0 fully saturated rings. The van der Waals surface area contributed by atoms with E-state index in [4.69, 9.17) is 14.2 Å². The van der Waals surface area contributed by atoms with Crippen LogP contribution in [0.2, 0.25) is 0 Å². The second-order valence-electron chi connectivity index (χ2n) is 6.81. The van der Waals surface area contributed by atoms with E-state index in [1.165, 1.54) is 4.80 Å². The highest BCUT2D eigenvalue weighted by Crippen LogP contribution is 2.31. The Morgan fingerprint density at radius 3 is 2.87 bits per heavy atom. The zero-order valence-electron chi connectivity index (χ0n) is 16.9. The molecule has 0 bridgehead atoms. The van der Waals surface area contributed by atoms with Crippen molar-refractivity contribution in [3.8, 4) is 28.6 Å². The number of para-hydroxylation sites is 2. The van der Waals surface area contributed by atoms with E-state index in [9.17, 15) is 4.79 Å².